The van der Waals surface area contributed by atoms with E-state index in [1.165, 1.54) is 11.1 Å². The Morgan fingerprint density at radius 3 is 2.45 bits per heavy atom. The zero-order valence-electron chi connectivity index (χ0n) is 12.5. The molecule has 0 saturated carbocycles. The van der Waals surface area contributed by atoms with E-state index in [1.54, 1.807) is 0 Å². The van der Waals surface area contributed by atoms with Gasteiger partial charge in [-0.05, 0) is 33.0 Å². The van der Waals surface area contributed by atoms with E-state index in [-0.39, 0.29) is 18.7 Å². The summed E-state index contributed by atoms with van der Waals surface area (Å²) >= 11 is 0. The van der Waals surface area contributed by atoms with Crippen LogP contribution in [0.25, 0.3) is 0 Å². The molecule has 0 bridgehead atoms. The standard InChI is InChI=1S/C15H25N3O2/c1-12-5-7-13(8-6-12)14(18(2)3)11-17-15(20)16-9-4-10-19/h5-8,14,19H,4,9-11H2,1-3H3,(H2,16,17,20). The Labute approximate surface area is 121 Å². The molecule has 1 rings (SSSR count). The first-order chi connectivity index (χ1) is 9.54. The van der Waals surface area contributed by atoms with Gasteiger partial charge in [0.25, 0.3) is 0 Å². The zero-order chi connectivity index (χ0) is 15.0. The van der Waals surface area contributed by atoms with E-state index in [1.807, 2.05) is 14.1 Å². The number of nitrogens with one attached hydrogen (secondary N) is 2. The van der Waals surface area contributed by atoms with Crippen LogP contribution in [0.2, 0.25) is 0 Å². The molecule has 0 fully saturated rings. The van der Waals surface area contributed by atoms with Crippen molar-refractivity contribution in [2.45, 2.75) is 19.4 Å². The van der Waals surface area contributed by atoms with E-state index in [4.69, 9.17) is 5.11 Å². The lowest BCUT2D eigenvalue weighted by Gasteiger charge is -2.25. The number of amides is 2. The van der Waals surface area contributed by atoms with E-state index >= 15 is 0 Å². The summed E-state index contributed by atoms with van der Waals surface area (Å²) in [6, 6.07) is 8.27. The number of aliphatic hydroxyl groups excluding tert-OH is 1. The van der Waals surface area contributed by atoms with Crippen molar-refractivity contribution in [3.63, 3.8) is 0 Å². The van der Waals surface area contributed by atoms with Crippen molar-refractivity contribution in [1.82, 2.24) is 15.5 Å². The summed E-state index contributed by atoms with van der Waals surface area (Å²) in [5.41, 5.74) is 2.40. The van der Waals surface area contributed by atoms with Crippen LogP contribution < -0.4 is 10.6 Å². The predicted octanol–water partition coefficient (Wildman–Crippen LogP) is 1.28. The van der Waals surface area contributed by atoms with Crippen molar-refractivity contribution < 1.29 is 9.90 Å². The van der Waals surface area contributed by atoms with Crippen LogP contribution in [-0.4, -0.2) is 49.8 Å². The van der Waals surface area contributed by atoms with Gasteiger partial charge < -0.3 is 20.6 Å². The molecular formula is C15H25N3O2. The molecule has 1 aromatic rings. The van der Waals surface area contributed by atoms with Gasteiger partial charge in [0.05, 0.1) is 6.04 Å². The Morgan fingerprint density at radius 1 is 1.25 bits per heavy atom. The average molecular weight is 279 g/mol. The molecule has 0 saturated heterocycles. The van der Waals surface area contributed by atoms with E-state index < -0.39 is 0 Å². The third-order valence-electron chi connectivity index (χ3n) is 3.16. The summed E-state index contributed by atoms with van der Waals surface area (Å²) in [4.78, 5) is 13.7. The van der Waals surface area contributed by atoms with Crippen molar-refractivity contribution >= 4 is 6.03 Å². The van der Waals surface area contributed by atoms with Crippen LogP contribution in [0.3, 0.4) is 0 Å². The van der Waals surface area contributed by atoms with Gasteiger partial charge in [-0.25, -0.2) is 4.79 Å². The molecule has 3 N–H and O–H groups in total. The molecule has 1 aromatic carbocycles. The number of likely N-dealkylation sites (N-methyl/N-ethyl adjacent to an activating group) is 1. The topological polar surface area (TPSA) is 64.6 Å². The first-order valence-corrected chi connectivity index (χ1v) is 6.90. The molecule has 0 aromatic heterocycles. The SMILES string of the molecule is Cc1ccc(C(CNC(=O)NCCCO)N(C)C)cc1. The molecule has 0 spiro atoms. The molecule has 5 nitrogen and oxygen atoms in total. The lowest BCUT2D eigenvalue weighted by atomic mass is 10.0. The fraction of sp³-hybridized carbons (Fsp3) is 0.533. The van der Waals surface area contributed by atoms with Crippen LogP contribution >= 0.6 is 0 Å². The fourth-order valence-corrected chi connectivity index (χ4v) is 1.92. The van der Waals surface area contributed by atoms with Crippen LogP contribution in [0.1, 0.15) is 23.6 Å². The normalized spacial score (nSPS) is 12.2. The largest absolute Gasteiger partial charge is 0.396 e. The quantitative estimate of drug-likeness (QED) is 0.659. The number of carbonyl (C=O) groups is 1. The van der Waals surface area contributed by atoms with Crippen molar-refractivity contribution in [2.75, 3.05) is 33.8 Å². The molecule has 0 heterocycles. The van der Waals surface area contributed by atoms with E-state index in [0.717, 1.165) is 0 Å². The molecule has 0 radical (unpaired) electrons. The second-order valence-corrected chi connectivity index (χ2v) is 5.10. The van der Waals surface area contributed by atoms with Gasteiger partial charge in [0.15, 0.2) is 0 Å². The number of aryl methyl sites for hydroxylation is 1. The van der Waals surface area contributed by atoms with Crippen LogP contribution in [0.4, 0.5) is 4.79 Å². The van der Waals surface area contributed by atoms with Crippen molar-refractivity contribution in [1.29, 1.82) is 0 Å². The molecule has 0 aliphatic heterocycles. The minimum absolute atomic E-state index is 0.0873. The van der Waals surface area contributed by atoms with Crippen LogP contribution in [0, 0.1) is 6.92 Å². The maximum atomic E-state index is 11.6. The monoisotopic (exact) mass is 279 g/mol. The minimum Gasteiger partial charge on any atom is -0.396 e. The number of hydrogen-bond acceptors (Lipinski definition) is 3. The highest BCUT2D eigenvalue weighted by Crippen LogP contribution is 2.17. The zero-order valence-corrected chi connectivity index (χ0v) is 12.5. The number of hydrogen-bond donors (Lipinski definition) is 3. The number of nitrogens with zero attached hydrogens (tertiary/aromatic N) is 1. The molecule has 2 amide bonds. The molecular weight excluding hydrogens is 254 g/mol. The third kappa shape index (κ3) is 5.59. The molecule has 1 atom stereocenters. The number of carbonyl (C=O) groups excluding carboxylic acids is 1. The average Bonchev–Trinajstić information content (AvgIpc) is 2.41. The Bertz CT molecular complexity index is 404. The Hall–Kier alpha value is -1.59. The number of urea groups is 1. The molecule has 0 aliphatic carbocycles. The van der Waals surface area contributed by atoms with Gasteiger partial charge in [0.2, 0.25) is 0 Å². The van der Waals surface area contributed by atoms with Crippen LogP contribution in [-0.2, 0) is 0 Å². The first-order valence-electron chi connectivity index (χ1n) is 6.90. The lowest BCUT2D eigenvalue weighted by Crippen LogP contribution is -2.40. The van der Waals surface area contributed by atoms with Gasteiger partial charge in [-0.1, -0.05) is 29.8 Å². The Morgan fingerprint density at radius 2 is 1.90 bits per heavy atom. The highest BCUT2D eigenvalue weighted by molar-refractivity contribution is 5.73. The Balaban J connectivity index is 2.51. The molecule has 1 unspecified atom stereocenters. The van der Waals surface area contributed by atoms with Crippen LogP contribution in [0.15, 0.2) is 24.3 Å². The highest BCUT2D eigenvalue weighted by atomic mass is 16.3. The predicted molar refractivity (Wildman–Crippen MR) is 80.7 cm³/mol. The number of rotatable bonds is 7. The lowest BCUT2D eigenvalue weighted by molar-refractivity contribution is 0.230. The van der Waals surface area contributed by atoms with Gasteiger partial charge in [-0.2, -0.15) is 0 Å². The highest BCUT2D eigenvalue weighted by Gasteiger charge is 2.14. The Kier molecular flexibility index (Phi) is 7.04. The summed E-state index contributed by atoms with van der Waals surface area (Å²) in [5.74, 6) is 0. The molecule has 5 heteroatoms. The van der Waals surface area contributed by atoms with Gasteiger partial charge in [-0.15, -0.1) is 0 Å². The summed E-state index contributed by atoms with van der Waals surface area (Å²) in [7, 11) is 3.99. The molecule has 20 heavy (non-hydrogen) atoms. The smallest absolute Gasteiger partial charge is 0.314 e. The van der Waals surface area contributed by atoms with Crippen molar-refractivity contribution in [2.24, 2.45) is 0 Å². The van der Waals surface area contributed by atoms with Crippen molar-refractivity contribution in [3.05, 3.63) is 35.4 Å². The van der Waals surface area contributed by atoms with Gasteiger partial charge in [0, 0.05) is 19.7 Å². The van der Waals surface area contributed by atoms with Crippen LogP contribution in [0.5, 0.6) is 0 Å². The second-order valence-electron chi connectivity index (χ2n) is 5.10. The maximum Gasteiger partial charge on any atom is 0.314 e. The molecule has 0 aliphatic rings. The summed E-state index contributed by atoms with van der Waals surface area (Å²) in [6.07, 6.45) is 0.572. The number of aliphatic hydroxyl groups is 1. The maximum absolute atomic E-state index is 11.6. The van der Waals surface area contributed by atoms with Crippen molar-refractivity contribution in [3.8, 4) is 0 Å². The fourth-order valence-electron chi connectivity index (χ4n) is 1.92. The van der Waals surface area contributed by atoms with Gasteiger partial charge in [0.1, 0.15) is 0 Å². The van der Waals surface area contributed by atoms with Gasteiger partial charge in [-0.3, -0.25) is 0 Å². The first kappa shape index (κ1) is 16.5. The van der Waals surface area contributed by atoms with E-state index in [2.05, 4.69) is 46.7 Å². The summed E-state index contributed by atoms with van der Waals surface area (Å²) in [5, 5.41) is 14.2. The van der Waals surface area contributed by atoms with E-state index in [0.29, 0.717) is 19.5 Å². The van der Waals surface area contributed by atoms with E-state index in [9.17, 15) is 4.79 Å². The summed E-state index contributed by atoms with van der Waals surface area (Å²) < 4.78 is 0. The summed E-state index contributed by atoms with van der Waals surface area (Å²) in [6.45, 7) is 3.17. The molecule has 112 valence electrons. The minimum atomic E-state index is -0.197. The second kappa shape index (κ2) is 8.55. The third-order valence-corrected chi connectivity index (χ3v) is 3.16. The number of benzene rings is 1. The van der Waals surface area contributed by atoms with Gasteiger partial charge >= 0.3 is 6.03 Å².